The number of fused-ring (bicyclic) bond motifs is 1. The molecule has 2 N–H and O–H groups in total. The number of aromatic nitrogens is 2. The Bertz CT molecular complexity index is 1190. The number of hydrazine groups is 1. The smallest absolute Gasteiger partial charge is 0.277 e. The number of carbonyl (C=O) groups excluding carboxylic acids is 1. The van der Waals surface area contributed by atoms with E-state index in [0.29, 0.717) is 17.4 Å². The van der Waals surface area contributed by atoms with Crippen LogP contribution in [-0.4, -0.2) is 20.4 Å². The first-order valence-corrected chi connectivity index (χ1v) is 8.58. The lowest BCUT2D eigenvalue weighted by Gasteiger charge is -2.13. The first kappa shape index (κ1) is 19.7. The molecule has 10 heteroatoms. The maximum Gasteiger partial charge on any atom is 0.279 e. The molecule has 0 spiro atoms. The van der Waals surface area contributed by atoms with E-state index in [1.807, 2.05) is 0 Å². The van der Waals surface area contributed by atoms with Crippen molar-refractivity contribution < 1.29 is 14.1 Å². The van der Waals surface area contributed by atoms with Crippen molar-refractivity contribution in [1.82, 2.24) is 15.0 Å². The van der Waals surface area contributed by atoms with Gasteiger partial charge in [0.05, 0.1) is 27.5 Å². The molecule has 0 atom stereocenters. The molecule has 0 unspecified atom stereocenters. The van der Waals surface area contributed by atoms with Crippen molar-refractivity contribution >= 4 is 34.5 Å². The summed E-state index contributed by atoms with van der Waals surface area (Å²) in [5, 5.41) is 11.4. The molecule has 148 valence electrons. The maximum atomic E-state index is 13.2. The zero-order chi connectivity index (χ0) is 21.0. The third-order valence-electron chi connectivity index (χ3n) is 4.08. The first-order valence-electron chi connectivity index (χ1n) is 8.58. The molecule has 3 aromatic rings. The number of nitro benzene ring substituents is 1. The monoisotopic (exact) mass is 397 g/mol. The molecule has 0 fully saturated rings. The number of halogens is 1. The van der Waals surface area contributed by atoms with Crippen LogP contribution in [0, 0.1) is 15.9 Å². The van der Waals surface area contributed by atoms with Crippen LogP contribution in [-0.2, 0) is 11.3 Å². The van der Waals surface area contributed by atoms with Gasteiger partial charge in [0.1, 0.15) is 5.82 Å². The molecule has 0 aliphatic carbocycles. The zero-order valence-electron chi connectivity index (χ0n) is 15.3. The Hall–Kier alpha value is -4.08. The number of carbonyl (C=O) groups is 1. The van der Waals surface area contributed by atoms with E-state index in [4.69, 9.17) is 0 Å². The van der Waals surface area contributed by atoms with Gasteiger partial charge in [-0.3, -0.25) is 35.1 Å². The largest absolute Gasteiger partial charge is 0.279 e. The SMILES string of the molecule is CCn1c(NNC(=O)C=Cc2ccc(F)cc2[N+](=O)[O-])nc2ccccc2c1=O. The average Bonchev–Trinajstić information content (AvgIpc) is 2.71. The van der Waals surface area contributed by atoms with Crippen LogP contribution in [0.2, 0.25) is 0 Å². The molecule has 0 bridgehead atoms. The molecule has 2 aromatic carbocycles. The lowest BCUT2D eigenvalue weighted by atomic mass is 10.1. The number of para-hydroxylation sites is 1. The highest BCUT2D eigenvalue weighted by atomic mass is 19.1. The molecule has 1 heterocycles. The molecule has 0 aliphatic rings. The molecule has 9 nitrogen and oxygen atoms in total. The molecule has 3 rings (SSSR count). The fourth-order valence-corrected chi connectivity index (χ4v) is 2.70. The summed E-state index contributed by atoms with van der Waals surface area (Å²) in [6, 6.07) is 9.85. The third kappa shape index (κ3) is 4.26. The molecule has 0 saturated carbocycles. The topological polar surface area (TPSA) is 119 Å². The predicted octanol–water partition coefficient (Wildman–Crippen LogP) is 2.62. The van der Waals surface area contributed by atoms with Gasteiger partial charge in [-0.05, 0) is 37.3 Å². The highest BCUT2D eigenvalue weighted by Gasteiger charge is 2.13. The van der Waals surface area contributed by atoms with Crippen molar-refractivity contribution in [1.29, 1.82) is 0 Å². The van der Waals surface area contributed by atoms with Gasteiger partial charge in [0.2, 0.25) is 5.95 Å². The maximum absolute atomic E-state index is 13.2. The van der Waals surface area contributed by atoms with Gasteiger partial charge in [-0.15, -0.1) is 0 Å². The van der Waals surface area contributed by atoms with Gasteiger partial charge < -0.3 is 0 Å². The van der Waals surface area contributed by atoms with Gasteiger partial charge in [-0.2, -0.15) is 0 Å². The summed E-state index contributed by atoms with van der Waals surface area (Å²) in [5.74, 6) is -1.25. The fourth-order valence-electron chi connectivity index (χ4n) is 2.70. The Morgan fingerprint density at radius 3 is 2.79 bits per heavy atom. The highest BCUT2D eigenvalue weighted by Crippen LogP contribution is 2.21. The van der Waals surface area contributed by atoms with Gasteiger partial charge in [0.15, 0.2) is 0 Å². The van der Waals surface area contributed by atoms with Crippen LogP contribution >= 0.6 is 0 Å². The number of hydrogen-bond donors (Lipinski definition) is 2. The summed E-state index contributed by atoms with van der Waals surface area (Å²) in [6.07, 6.45) is 2.23. The molecule has 0 aliphatic heterocycles. The van der Waals surface area contributed by atoms with Gasteiger partial charge >= 0.3 is 0 Å². The highest BCUT2D eigenvalue weighted by molar-refractivity contribution is 5.93. The number of hydrogen-bond acceptors (Lipinski definition) is 6. The van der Waals surface area contributed by atoms with E-state index in [0.717, 1.165) is 18.2 Å². The van der Waals surface area contributed by atoms with Crippen molar-refractivity contribution in [2.45, 2.75) is 13.5 Å². The minimum atomic E-state index is -0.750. The molecule has 29 heavy (non-hydrogen) atoms. The minimum absolute atomic E-state index is 0.0702. The number of nitro groups is 1. The third-order valence-corrected chi connectivity index (χ3v) is 4.08. The number of nitrogens with zero attached hydrogens (tertiary/aromatic N) is 3. The normalized spacial score (nSPS) is 11.0. The molecule has 1 amide bonds. The van der Waals surface area contributed by atoms with Crippen molar-refractivity contribution in [3.05, 3.63) is 80.4 Å². The molecular weight excluding hydrogens is 381 g/mol. The Kier molecular flexibility index (Phi) is 5.63. The first-order chi connectivity index (χ1) is 13.9. The number of amides is 1. The number of benzene rings is 2. The lowest BCUT2D eigenvalue weighted by Crippen LogP contribution is -2.33. The second-order valence-electron chi connectivity index (χ2n) is 5.91. The van der Waals surface area contributed by atoms with E-state index in [-0.39, 0.29) is 17.1 Å². The van der Waals surface area contributed by atoms with Gasteiger partial charge in [-0.25, -0.2) is 9.37 Å². The van der Waals surface area contributed by atoms with E-state index < -0.39 is 22.3 Å². The van der Waals surface area contributed by atoms with E-state index in [2.05, 4.69) is 15.8 Å². The van der Waals surface area contributed by atoms with Crippen molar-refractivity contribution in [2.75, 3.05) is 5.43 Å². The van der Waals surface area contributed by atoms with Crippen LogP contribution in [0.15, 0.2) is 53.3 Å². The summed E-state index contributed by atoms with van der Waals surface area (Å²) >= 11 is 0. The lowest BCUT2D eigenvalue weighted by molar-refractivity contribution is -0.385. The second-order valence-corrected chi connectivity index (χ2v) is 5.91. The molecule has 0 radical (unpaired) electrons. The number of nitrogens with one attached hydrogen (secondary N) is 2. The van der Waals surface area contributed by atoms with Gasteiger partial charge in [0, 0.05) is 12.6 Å². The molecular formula is C19H16FN5O4. The van der Waals surface area contributed by atoms with Crippen LogP contribution in [0.5, 0.6) is 0 Å². The summed E-state index contributed by atoms with van der Waals surface area (Å²) in [4.78, 5) is 39.2. The second kappa shape index (κ2) is 8.30. The Morgan fingerprint density at radius 2 is 2.07 bits per heavy atom. The fraction of sp³-hybridized carbons (Fsp3) is 0.105. The average molecular weight is 397 g/mol. The Balaban J connectivity index is 1.79. The van der Waals surface area contributed by atoms with Crippen LogP contribution in [0.3, 0.4) is 0 Å². The van der Waals surface area contributed by atoms with E-state index >= 15 is 0 Å². The van der Waals surface area contributed by atoms with Crippen molar-refractivity contribution in [3.63, 3.8) is 0 Å². The zero-order valence-corrected chi connectivity index (χ0v) is 15.3. The Labute approximate surface area is 163 Å². The quantitative estimate of drug-likeness (QED) is 0.375. The summed E-state index contributed by atoms with van der Waals surface area (Å²) in [5.41, 5.74) is 4.76. The van der Waals surface area contributed by atoms with Crippen molar-refractivity contribution in [2.24, 2.45) is 0 Å². The van der Waals surface area contributed by atoms with Crippen LogP contribution < -0.4 is 16.4 Å². The summed E-state index contributed by atoms with van der Waals surface area (Å²) < 4.78 is 14.5. The van der Waals surface area contributed by atoms with Crippen LogP contribution in [0.25, 0.3) is 17.0 Å². The van der Waals surface area contributed by atoms with E-state index in [1.165, 1.54) is 16.7 Å². The van der Waals surface area contributed by atoms with Gasteiger partial charge in [-0.1, -0.05) is 12.1 Å². The standard InChI is InChI=1S/C19H16FN5O4/c1-2-24-18(27)14-5-3-4-6-15(14)21-19(24)23-22-17(26)10-8-12-7-9-13(20)11-16(12)25(28)29/h3-11H,2H2,1H3,(H,21,23)(H,22,26). The predicted molar refractivity (Wildman–Crippen MR) is 106 cm³/mol. The van der Waals surface area contributed by atoms with E-state index in [1.54, 1.807) is 31.2 Å². The molecule has 1 aromatic heterocycles. The molecule has 0 saturated heterocycles. The van der Waals surface area contributed by atoms with E-state index in [9.17, 15) is 24.1 Å². The Morgan fingerprint density at radius 1 is 1.31 bits per heavy atom. The number of rotatable bonds is 6. The van der Waals surface area contributed by atoms with Crippen LogP contribution in [0.4, 0.5) is 16.0 Å². The van der Waals surface area contributed by atoms with Gasteiger partial charge in [0.25, 0.3) is 17.2 Å². The number of anilines is 1. The van der Waals surface area contributed by atoms with Crippen LogP contribution in [0.1, 0.15) is 12.5 Å². The van der Waals surface area contributed by atoms with Crippen molar-refractivity contribution in [3.8, 4) is 0 Å². The summed E-state index contributed by atoms with van der Waals surface area (Å²) in [6.45, 7) is 2.09. The minimum Gasteiger partial charge on any atom is -0.277 e. The summed E-state index contributed by atoms with van der Waals surface area (Å²) in [7, 11) is 0.